The first kappa shape index (κ1) is 29.9. The minimum Gasteiger partial charge on any atom is -0.438 e. The number of aromatic nitrogens is 3. The van der Waals surface area contributed by atoms with Gasteiger partial charge in [0.1, 0.15) is 5.75 Å². The molecule has 10 nitrogen and oxygen atoms in total. The van der Waals surface area contributed by atoms with E-state index in [4.69, 9.17) is 9.72 Å². The fraction of sp³-hybridized carbons (Fsp3) is 0.314. The summed E-state index contributed by atoms with van der Waals surface area (Å²) in [7, 11) is 0. The van der Waals surface area contributed by atoms with E-state index in [0.717, 1.165) is 66.1 Å². The molecule has 1 fully saturated rings. The summed E-state index contributed by atoms with van der Waals surface area (Å²) in [6.45, 7) is 8.97. The second kappa shape index (κ2) is 13.3. The Kier molecular flexibility index (Phi) is 8.81. The molecule has 230 valence electrons. The summed E-state index contributed by atoms with van der Waals surface area (Å²) in [4.78, 5) is 45.2. The summed E-state index contributed by atoms with van der Waals surface area (Å²) >= 11 is 0. The van der Waals surface area contributed by atoms with E-state index in [-0.39, 0.29) is 11.8 Å². The van der Waals surface area contributed by atoms with E-state index in [1.807, 2.05) is 44.2 Å². The summed E-state index contributed by atoms with van der Waals surface area (Å²) < 4.78 is 6.33. The largest absolute Gasteiger partial charge is 0.438 e. The Morgan fingerprint density at radius 2 is 1.78 bits per heavy atom. The fourth-order valence-electron chi connectivity index (χ4n) is 5.68. The molecule has 6 rings (SSSR count). The van der Waals surface area contributed by atoms with E-state index >= 15 is 0 Å². The van der Waals surface area contributed by atoms with Crippen molar-refractivity contribution in [3.8, 4) is 23.0 Å². The van der Waals surface area contributed by atoms with Crippen molar-refractivity contribution in [2.45, 2.75) is 46.6 Å². The molecule has 0 spiro atoms. The monoisotopic (exact) mass is 603 g/mol. The average Bonchev–Trinajstić information content (AvgIpc) is 3.55. The first-order valence-electron chi connectivity index (χ1n) is 15.4. The third-order valence-electron chi connectivity index (χ3n) is 8.37. The minimum absolute atomic E-state index is 0.111. The van der Waals surface area contributed by atoms with Crippen LogP contribution in [0.15, 0.2) is 65.9 Å². The Hall–Kier alpha value is -5.12. The molecule has 0 saturated carbocycles. The predicted molar refractivity (Wildman–Crippen MR) is 175 cm³/mol. The number of aliphatic imine (C=N–C) groups is 1. The van der Waals surface area contributed by atoms with Gasteiger partial charge in [-0.3, -0.25) is 19.6 Å². The van der Waals surface area contributed by atoms with Gasteiger partial charge < -0.3 is 20.3 Å². The molecule has 2 aliphatic rings. The van der Waals surface area contributed by atoms with E-state index in [2.05, 4.69) is 43.5 Å². The Balaban J connectivity index is 1.13. The number of anilines is 2. The van der Waals surface area contributed by atoms with Crippen molar-refractivity contribution in [1.29, 1.82) is 0 Å². The summed E-state index contributed by atoms with van der Waals surface area (Å²) in [6, 6.07) is 15.1. The van der Waals surface area contributed by atoms with Crippen LogP contribution in [0.3, 0.4) is 0 Å². The number of nitrogens with zero attached hydrogens (tertiary/aromatic N) is 5. The molecule has 2 aromatic carbocycles. The third kappa shape index (κ3) is 6.85. The van der Waals surface area contributed by atoms with Crippen molar-refractivity contribution in [1.82, 2.24) is 20.3 Å². The molecule has 45 heavy (non-hydrogen) atoms. The number of pyridine rings is 1. The van der Waals surface area contributed by atoms with E-state index in [9.17, 15) is 9.59 Å². The second-order valence-electron chi connectivity index (χ2n) is 11.5. The van der Waals surface area contributed by atoms with Gasteiger partial charge in [0, 0.05) is 67.2 Å². The highest BCUT2D eigenvalue weighted by molar-refractivity contribution is 6.04. The molecule has 0 bridgehead atoms. The number of amides is 2. The number of aryl methyl sites for hydroxylation is 2. The molecule has 4 heterocycles. The lowest BCUT2D eigenvalue weighted by Gasteiger charge is -2.34. The summed E-state index contributed by atoms with van der Waals surface area (Å²) in [5, 5.41) is 6.07. The van der Waals surface area contributed by atoms with E-state index in [1.165, 1.54) is 5.69 Å². The number of hydrogen-bond donors (Lipinski definition) is 2. The van der Waals surface area contributed by atoms with Crippen molar-refractivity contribution in [3.63, 3.8) is 0 Å². The Labute approximate surface area is 263 Å². The van der Waals surface area contributed by atoms with Gasteiger partial charge in [-0.2, -0.15) is 4.98 Å². The third-order valence-corrected chi connectivity index (χ3v) is 8.37. The number of carbonyl (C=O) groups excluding carboxylic acids is 2. The standard InChI is InChI=1S/C35H37N7O3/c1-4-32(43)38-19-24-11-15-42(16-12-24)30-8-7-27(17-23(30)3)39-34(44)26-6-5-22(2)31(18-26)45-35-28-20-37-21-29(28)40-33(41-35)25-9-13-36-14-10-25/h5-10,13-14,17-18,20,24H,4,11-12,15-16,19,21H2,1-3H3,(H,38,43)(H,39,44). The van der Waals surface area contributed by atoms with Crippen LogP contribution in [0.2, 0.25) is 0 Å². The van der Waals surface area contributed by atoms with Gasteiger partial charge in [0.05, 0.1) is 17.8 Å². The van der Waals surface area contributed by atoms with Crippen LogP contribution in [-0.2, 0) is 11.3 Å². The first-order valence-corrected chi connectivity index (χ1v) is 15.4. The van der Waals surface area contributed by atoms with Crippen LogP contribution in [0.5, 0.6) is 11.6 Å². The average molecular weight is 604 g/mol. The highest BCUT2D eigenvalue weighted by Crippen LogP contribution is 2.33. The van der Waals surface area contributed by atoms with Gasteiger partial charge in [-0.05, 0) is 86.2 Å². The summed E-state index contributed by atoms with van der Waals surface area (Å²) in [5.74, 6) is 1.86. The van der Waals surface area contributed by atoms with Crippen LogP contribution >= 0.6 is 0 Å². The topological polar surface area (TPSA) is 122 Å². The van der Waals surface area contributed by atoms with Gasteiger partial charge >= 0.3 is 0 Å². The zero-order chi connectivity index (χ0) is 31.3. The number of rotatable bonds is 9. The maximum absolute atomic E-state index is 13.4. The van der Waals surface area contributed by atoms with Crippen molar-refractivity contribution in [2.75, 3.05) is 29.9 Å². The molecule has 2 aromatic heterocycles. The number of fused-ring (bicyclic) bond motifs is 1. The van der Waals surface area contributed by atoms with Gasteiger partial charge in [0.15, 0.2) is 5.82 Å². The summed E-state index contributed by atoms with van der Waals surface area (Å²) in [5.41, 5.74) is 6.71. The van der Waals surface area contributed by atoms with E-state index < -0.39 is 0 Å². The molecular formula is C35H37N7O3. The number of benzene rings is 2. The molecule has 2 amide bonds. The minimum atomic E-state index is -0.228. The highest BCUT2D eigenvalue weighted by atomic mass is 16.5. The van der Waals surface area contributed by atoms with E-state index in [1.54, 1.807) is 30.7 Å². The molecular weight excluding hydrogens is 566 g/mol. The van der Waals surface area contributed by atoms with Crippen LogP contribution in [0.4, 0.5) is 11.4 Å². The van der Waals surface area contributed by atoms with Crippen LogP contribution in [0.1, 0.15) is 58.9 Å². The predicted octanol–water partition coefficient (Wildman–Crippen LogP) is 5.88. The number of piperidine rings is 1. The smallest absolute Gasteiger partial charge is 0.255 e. The van der Waals surface area contributed by atoms with Crippen molar-refractivity contribution >= 4 is 29.4 Å². The zero-order valence-electron chi connectivity index (χ0n) is 25.8. The van der Waals surface area contributed by atoms with Gasteiger partial charge in [-0.1, -0.05) is 13.0 Å². The molecule has 0 unspecified atom stereocenters. The maximum atomic E-state index is 13.4. The maximum Gasteiger partial charge on any atom is 0.255 e. The lowest BCUT2D eigenvalue weighted by atomic mass is 9.95. The van der Waals surface area contributed by atoms with Crippen LogP contribution in [0, 0.1) is 19.8 Å². The van der Waals surface area contributed by atoms with E-state index in [0.29, 0.717) is 41.9 Å². The normalized spacial score (nSPS) is 14.2. The Morgan fingerprint density at radius 3 is 2.53 bits per heavy atom. The lowest BCUT2D eigenvalue weighted by molar-refractivity contribution is -0.121. The van der Waals surface area contributed by atoms with Gasteiger partial charge in [-0.15, -0.1) is 0 Å². The molecule has 10 heteroatoms. The van der Waals surface area contributed by atoms with Crippen molar-refractivity contribution in [3.05, 3.63) is 88.9 Å². The van der Waals surface area contributed by atoms with Crippen molar-refractivity contribution < 1.29 is 14.3 Å². The summed E-state index contributed by atoms with van der Waals surface area (Å²) in [6.07, 6.45) is 7.73. The number of hydrogen-bond acceptors (Lipinski definition) is 8. The van der Waals surface area contributed by atoms with Crippen LogP contribution < -0.4 is 20.3 Å². The Bertz CT molecular complexity index is 1750. The highest BCUT2D eigenvalue weighted by Gasteiger charge is 2.22. The molecule has 0 aliphatic carbocycles. The molecule has 0 atom stereocenters. The zero-order valence-corrected chi connectivity index (χ0v) is 25.8. The molecule has 1 saturated heterocycles. The first-order chi connectivity index (χ1) is 21.9. The molecule has 2 N–H and O–H groups in total. The quantitative estimate of drug-likeness (QED) is 0.245. The molecule has 2 aliphatic heterocycles. The lowest BCUT2D eigenvalue weighted by Crippen LogP contribution is -2.38. The molecule has 4 aromatic rings. The van der Waals surface area contributed by atoms with Crippen LogP contribution in [0.25, 0.3) is 11.4 Å². The Morgan fingerprint density at radius 1 is 0.978 bits per heavy atom. The number of ether oxygens (including phenoxy) is 1. The SMILES string of the molecule is CCC(=O)NCC1CCN(c2ccc(NC(=O)c3ccc(C)c(Oc4nc(-c5ccncc5)nc5c4C=NC5)c3)cc2C)CC1. The van der Waals surface area contributed by atoms with Crippen molar-refractivity contribution in [2.24, 2.45) is 10.9 Å². The second-order valence-corrected chi connectivity index (χ2v) is 11.5. The van der Waals surface area contributed by atoms with Gasteiger partial charge in [0.2, 0.25) is 11.8 Å². The van der Waals surface area contributed by atoms with Gasteiger partial charge in [-0.25, -0.2) is 4.98 Å². The van der Waals surface area contributed by atoms with Gasteiger partial charge in [0.25, 0.3) is 5.91 Å². The fourth-order valence-corrected chi connectivity index (χ4v) is 5.68. The number of carbonyl (C=O) groups is 2. The number of nitrogens with one attached hydrogen (secondary N) is 2. The van der Waals surface area contributed by atoms with Crippen LogP contribution in [-0.4, -0.2) is 52.6 Å². The molecule has 0 radical (unpaired) electrons.